The minimum Gasteiger partial charge on any atom is -0.481 e. The van der Waals surface area contributed by atoms with Gasteiger partial charge in [-0.05, 0) is 57.3 Å². The Hall–Kier alpha value is -2.45. The smallest absolute Gasteiger partial charge is 0.306 e. The Labute approximate surface area is 184 Å². The van der Waals surface area contributed by atoms with Crippen molar-refractivity contribution < 1.29 is 19.5 Å². The second-order valence-corrected chi connectivity index (χ2v) is 8.65. The number of nitrogens with one attached hydrogen (secondary N) is 2. The summed E-state index contributed by atoms with van der Waals surface area (Å²) in [6.45, 7) is 3.10. The van der Waals surface area contributed by atoms with Crippen LogP contribution in [0.3, 0.4) is 0 Å². The quantitative estimate of drug-likeness (QED) is 0.520. The number of rotatable bonds is 10. The standard InChI is InChI=1S/C23H36N4O4/c1-16(23(30)31)14-19(12-11-17-7-9-18(10-8-17)15-26(3)4)22(29)27-20(21(28)24-2)6-5-13-25-27/h7-10,16,19-20,25H,5-6,11-15H2,1-4H3,(H,24,28)(H,30,31)/t16?,19?,20-/m0/s1. The van der Waals surface area contributed by atoms with E-state index in [4.69, 9.17) is 0 Å². The van der Waals surface area contributed by atoms with Crippen molar-refractivity contribution in [1.29, 1.82) is 0 Å². The molecule has 2 rings (SSSR count). The molecule has 3 atom stereocenters. The summed E-state index contributed by atoms with van der Waals surface area (Å²) in [4.78, 5) is 39.2. The van der Waals surface area contributed by atoms with Crippen molar-refractivity contribution in [3.63, 3.8) is 0 Å². The third kappa shape index (κ3) is 7.33. The van der Waals surface area contributed by atoms with Crippen molar-refractivity contribution in [2.75, 3.05) is 27.7 Å². The summed E-state index contributed by atoms with van der Waals surface area (Å²) < 4.78 is 0. The number of aryl methyl sites for hydroxylation is 1. The first-order chi connectivity index (χ1) is 14.7. The summed E-state index contributed by atoms with van der Waals surface area (Å²) >= 11 is 0. The van der Waals surface area contributed by atoms with Gasteiger partial charge in [0.1, 0.15) is 6.04 Å². The first-order valence-electron chi connectivity index (χ1n) is 11.0. The minimum absolute atomic E-state index is 0.203. The molecule has 1 aliphatic heterocycles. The Kier molecular flexibility index (Phi) is 9.45. The minimum atomic E-state index is -0.916. The van der Waals surface area contributed by atoms with Crippen LogP contribution in [0.25, 0.3) is 0 Å². The molecule has 1 saturated heterocycles. The summed E-state index contributed by atoms with van der Waals surface area (Å²) in [5.74, 6) is -2.45. The molecule has 172 valence electrons. The van der Waals surface area contributed by atoms with Gasteiger partial charge in [0, 0.05) is 26.1 Å². The number of carboxylic acid groups (broad SMARTS) is 1. The average Bonchev–Trinajstić information content (AvgIpc) is 2.75. The van der Waals surface area contributed by atoms with E-state index in [1.54, 1.807) is 14.0 Å². The molecule has 0 aromatic heterocycles. The molecule has 0 radical (unpaired) electrons. The Bertz CT molecular complexity index is 750. The predicted molar refractivity (Wildman–Crippen MR) is 119 cm³/mol. The zero-order chi connectivity index (χ0) is 23.0. The molecule has 1 heterocycles. The van der Waals surface area contributed by atoms with Crippen LogP contribution in [0.15, 0.2) is 24.3 Å². The fourth-order valence-corrected chi connectivity index (χ4v) is 3.96. The highest BCUT2D eigenvalue weighted by molar-refractivity contribution is 5.88. The first kappa shape index (κ1) is 24.8. The highest BCUT2D eigenvalue weighted by Crippen LogP contribution is 2.24. The molecule has 1 aromatic rings. The number of carbonyl (C=O) groups is 3. The normalized spacial score (nSPS) is 18.5. The van der Waals surface area contributed by atoms with Crippen molar-refractivity contribution >= 4 is 17.8 Å². The van der Waals surface area contributed by atoms with E-state index in [0.29, 0.717) is 25.8 Å². The zero-order valence-electron chi connectivity index (χ0n) is 19.1. The molecule has 0 saturated carbocycles. The van der Waals surface area contributed by atoms with Gasteiger partial charge in [-0.15, -0.1) is 0 Å². The third-order valence-electron chi connectivity index (χ3n) is 5.75. The largest absolute Gasteiger partial charge is 0.481 e. The van der Waals surface area contributed by atoms with Crippen molar-refractivity contribution in [3.05, 3.63) is 35.4 Å². The highest BCUT2D eigenvalue weighted by Gasteiger charge is 2.36. The molecule has 3 N–H and O–H groups in total. The predicted octanol–water partition coefficient (Wildman–Crippen LogP) is 1.65. The number of carboxylic acids is 1. The monoisotopic (exact) mass is 432 g/mol. The van der Waals surface area contributed by atoms with Gasteiger partial charge >= 0.3 is 5.97 Å². The lowest BCUT2D eigenvalue weighted by molar-refractivity contribution is -0.151. The van der Waals surface area contributed by atoms with Crippen molar-refractivity contribution in [3.8, 4) is 0 Å². The Balaban J connectivity index is 2.13. The van der Waals surface area contributed by atoms with E-state index < -0.39 is 23.8 Å². The van der Waals surface area contributed by atoms with Crippen LogP contribution in [0.4, 0.5) is 0 Å². The maximum Gasteiger partial charge on any atom is 0.306 e. The van der Waals surface area contributed by atoms with Gasteiger partial charge in [-0.3, -0.25) is 19.4 Å². The molecule has 0 bridgehead atoms. The molecular formula is C23H36N4O4. The van der Waals surface area contributed by atoms with Crippen LogP contribution in [0.1, 0.15) is 43.7 Å². The van der Waals surface area contributed by atoms with Crippen LogP contribution in [0, 0.1) is 11.8 Å². The van der Waals surface area contributed by atoms with Gasteiger partial charge < -0.3 is 15.3 Å². The SMILES string of the molecule is CNC(=O)[C@@H]1CCCNN1C(=O)C(CCc1ccc(CN(C)C)cc1)CC(C)C(=O)O. The maximum absolute atomic E-state index is 13.4. The van der Waals surface area contributed by atoms with Crippen LogP contribution in [0.5, 0.6) is 0 Å². The van der Waals surface area contributed by atoms with Gasteiger partial charge in [0.15, 0.2) is 0 Å². The molecule has 31 heavy (non-hydrogen) atoms. The number of likely N-dealkylation sites (N-methyl/N-ethyl adjacent to an activating group) is 1. The van der Waals surface area contributed by atoms with Crippen LogP contribution < -0.4 is 10.7 Å². The summed E-state index contributed by atoms with van der Waals surface area (Å²) in [6.07, 6.45) is 2.83. The Morgan fingerprint density at radius 1 is 1.23 bits per heavy atom. The Morgan fingerprint density at radius 3 is 2.45 bits per heavy atom. The number of hydrogen-bond acceptors (Lipinski definition) is 5. The number of nitrogens with zero attached hydrogens (tertiary/aromatic N) is 2. The van der Waals surface area contributed by atoms with Crippen LogP contribution in [-0.2, 0) is 27.3 Å². The van der Waals surface area contributed by atoms with E-state index in [9.17, 15) is 19.5 Å². The number of amides is 2. The van der Waals surface area contributed by atoms with Gasteiger partial charge in [-0.25, -0.2) is 5.43 Å². The van der Waals surface area contributed by atoms with Crippen molar-refractivity contribution in [2.45, 2.75) is 51.6 Å². The average molecular weight is 433 g/mol. The molecule has 8 nitrogen and oxygen atoms in total. The summed E-state index contributed by atoms with van der Waals surface area (Å²) in [5.41, 5.74) is 5.39. The summed E-state index contributed by atoms with van der Waals surface area (Å²) in [7, 11) is 5.60. The second kappa shape index (κ2) is 11.8. The van der Waals surface area contributed by atoms with Gasteiger partial charge in [-0.2, -0.15) is 0 Å². The lowest BCUT2D eigenvalue weighted by atomic mass is 9.88. The van der Waals surface area contributed by atoms with Crippen LogP contribution >= 0.6 is 0 Å². The fourth-order valence-electron chi connectivity index (χ4n) is 3.96. The lowest BCUT2D eigenvalue weighted by Gasteiger charge is -2.37. The van der Waals surface area contributed by atoms with E-state index in [-0.39, 0.29) is 18.2 Å². The van der Waals surface area contributed by atoms with Gasteiger partial charge in [-0.1, -0.05) is 31.2 Å². The van der Waals surface area contributed by atoms with E-state index in [0.717, 1.165) is 18.5 Å². The molecule has 2 unspecified atom stereocenters. The number of benzene rings is 1. The fraction of sp³-hybridized carbons (Fsp3) is 0.609. The summed E-state index contributed by atoms with van der Waals surface area (Å²) in [5, 5.41) is 13.4. The molecule has 1 aromatic carbocycles. The Morgan fingerprint density at radius 2 is 1.87 bits per heavy atom. The van der Waals surface area contributed by atoms with E-state index >= 15 is 0 Å². The van der Waals surface area contributed by atoms with Crippen LogP contribution in [-0.4, -0.2) is 66.5 Å². The van der Waals surface area contributed by atoms with Crippen molar-refractivity contribution in [1.82, 2.24) is 20.7 Å². The molecule has 0 aliphatic carbocycles. The number of hydrazine groups is 1. The number of hydrogen-bond donors (Lipinski definition) is 3. The van der Waals surface area contributed by atoms with Gasteiger partial charge in [0.05, 0.1) is 5.92 Å². The molecular weight excluding hydrogens is 396 g/mol. The zero-order valence-corrected chi connectivity index (χ0v) is 19.1. The molecule has 2 amide bonds. The molecule has 1 aliphatic rings. The van der Waals surface area contributed by atoms with E-state index in [1.807, 2.05) is 14.1 Å². The molecule has 8 heteroatoms. The van der Waals surface area contributed by atoms with E-state index in [2.05, 4.69) is 39.9 Å². The van der Waals surface area contributed by atoms with Gasteiger partial charge in [0.25, 0.3) is 0 Å². The van der Waals surface area contributed by atoms with Crippen LogP contribution in [0.2, 0.25) is 0 Å². The first-order valence-corrected chi connectivity index (χ1v) is 11.0. The summed E-state index contributed by atoms with van der Waals surface area (Å²) in [6, 6.07) is 7.72. The topological polar surface area (TPSA) is 102 Å². The highest BCUT2D eigenvalue weighted by atomic mass is 16.4. The van der Waals surface area contributed by atoms with Crippen molar-refractivity contribution in [2.24, 2.45) is 11.8 Å². The lowest BCUT2D eigenvalue weighted by Crippen LogP contribution is -2.59. The number of carbonyl (C=O) groups excluding carboxylic acids is 2. The molecule has 1 fully saturated rings. The number of aliphatic carboxylic acids is 1. The molecule has 0 spiro atoms. The van der Waals surface area contributed by atoms with E-state index in [1.165, 1.54) is 10.6 Å². The third-order valence-corrected chi connectivity index (χ3v) is 5.75. The second-order valence-electron chi connectivity index (χ2n) is 8.65. The van der Waals surface area contributed by atoms with Gasteiger partial charge in [0.2, 0.25) is 11.8 Å². The maximum atomic E-state index is 13.4.